The number of furan rings is 1. The van der Waals surface area contributed by atoms with E-state index < -0.39 is 0 Å². The van der Waals surface area contributed by atoms with Crippen LogP contribution in [0, 0.1) is 0 Å². The maximum atomic E-state index is 7.23. The van der Waals surface area contributed by atoms with Crippen LogP contribution in [-0.2, 0) is 0 Å². The molecule has 0 saturated heterocycles. The Hall–Kier alpha value is -6.25. The highest BCUT2D eigenvalue weighted by atomic mass is 16.3. The smallest absolute Gasteiger partial charge is 0.127 e. The van der Waals surface area contributed by atoms with Gasteiger partial charge in [0.05, 0.1) is 0 Å². The predicted molar refractivity (Wildman–Crippen MR) is 255 cm³/mol. The molecule has 0 aliphatic rings. The first kappa shape index (κ1) is 33.9. The fourth-order valence-electron chi connectivity index (χ4n) is 9.77. The highest BCUT2D eigenvalue weighted by Crippen LogP contribution is 2.44. The third kappa shape index (κ3) is 4.41. The van der Waals surface area contributed by atoms with E-state index in [0.29, 0.717) is 21.8 Å². The van der Waals surface area contributed by atoms with E-state index in [0.717, 1.165) is 38.6 Å². The Kier molecular flexibility index (Phi) is 6.95. The van der Waals surface area contributed by atoms with E-state index in [1.807, 2.05) is 0 Å². The Balaban J connectivity index is 1.21. The molecule has 0 amide bonds. The highest BCUT2D eigenvalue weighted by molar-refractivity contribution is 6.69. The molecule has 0 aliphatic carbocycles. The second-order valence-electron chi connectivity index (χ2n) is 15.5. The molecule has 12 aromatic rings. The number of rotatable bonds is 3. The SMILES string of the molecule is [B]c1c([B])c([B])c2c(oc3c([B])c([B])c(-c4cc(-c5ccc6ccc7cccc8ccc5c6c78)cc(-c5ccc6ccc7cccc8ccc5c6c78)c4)c([B])c32)c1[B]. The van der Waals surface area contributed by atoms with Crippen LogP contribution in [0.15, 0.2) is 132 Å². The van der Waals surface area contributed by atoms with E-state index >= 15 is 0 Å². The second-order valence-corrected chi connectivity index (χ2v) is 15.5. The zero-order valence-electron chi connectivity index (χ0n) is 31.1. The average Bonchev–Trinajstić information content (AvgIpc) is 3.67. The van der Waals surface area contributed by atoms with Gasteiger partial charge >= 0.3 is 0 Å². The topological polar surface area (TPSA) is 13.1 Å². The molecule has 0 atom stereocenters. The van der Waals surface area contributed by atoms with Crippen molar-refractivity contribution in [2.45, 2.75) is 0 Å². The van der Waals surface area contributed by atoms with Gasteiger partial charge in [0.2, 0.25) is 0 Å². The molecule has 58 heavy (non-hydrogen) atoms. The van der Waals surface area contributed by atoms with Crippen molar-refractivity contribution >= 4 is 180 Å². The molecule has 1 heterocycles. The van der Waals surface area contributed by atoms with Crippen molar-refractivity contribution in [1.82, 2.24) is 0 Å². The van der Waals surface area contributed by atoms with Gasteiger partial charge in [0.15, 0.2) is 0 Å². The zero-order chi connectivity index (χ0) is 39.3. The van der Waals surface area contributed by atoms with Crippen molar-refractivity contribution < 1.29 is 4.42 Å². The van der Waals surface area contributed by atoms with Gasteiger partial charge in [-0.05, 0) is 116 Å². The second kappa shape index (κ2) is 11.9. The van der Waals surface area contributed by atoms with Gasteiger partial charge in [0.1, 0.15) is 66.1 Å². The standard InChI is InChI=1S/C50H21B7O/c51-42-39(43(52)47(56)49-40(42)41-44(53)45(54)46(55)48(57)50(41)58-49)30-20-28(31-15-11-26-9-7-22-3-1-5-24-13-17-33(31)37(26)35(22)24)19-29(21-30)32-16-12-27-10-8-23-4-2-6-25-14-18-34(32)38(27)36(23)25/h1-21H. The summed E-state index contributed by atoms with van der Waals surface area (Å²) in [4.78, 5) is 0. The first-order chi connectivity index (χ1) is 28.2. The molecule has 0 unspecified atom stereocenters. The summed E-state index contributed by atoms with van der Waals surface area (Å²) in [6, 6.07) is 46.0. The van der Waals surface area contributed by atoms with E-state index in [2.05, 4.69) is 127 Å². The van der Waals surface area contributed by atoms with Gasteiger partial charge in [0.25, 0.3) is 0 Å². The van der Waals surface area contributed by atoms with Crippen molar-refractivity contribution in [2.75, 3.05) is 0 Å². The van der Waals surface area contributed by atoms with Gasteiger partial charge in [-0.15, -0.1) is 10.9 Å². The van der Waals surface area contributed by atoms with Crippen LogP contribution in [0.4, 0.5) is 0 Å². The summed E-state index contributed by atoms with van der Waals surface area (Å²) in [5, 5.41) is 15.3. The lowest BCUT2D eigenvalue weighted by Crippen LogP contribution is -2.47. The summed E-state index contributed by atoms with van der Waals surface area (Å²) in [5.41, 5.74) is 7.46. The maximum absolute atomic E-state index is 7.23. The first-order valence-electron chi connectivity index (χ1n) is 19.1. The van der Waals surface area contributed by atoms with Crippen LogP contribution < -0.4 is 38.2 Å². The predicted octanol–water partition coefficient (Wildman–Crippen LogP) is 5.94. The number of benzene rings is 11. The number of hydrogen-bond donors (Lipinski definition) is 0. The molecule has 0 fully saturated rings. The van der Waals surface area contributed by atoms with E-state index in [-0.39, 0.29) is 43.9 Å². The molecular formula is C50H21B7O. The van der Waals surface area contributed by atoms with Crippen molar-refractivity contribution in [3.8, 4) is 33.4 Å². The molecule has 248 valence electrons. The van der Waals surface area contributed by atoms with E-state index in [1.165, 1.54) is 53.9 Å². The van der Waals surface area contributed by atoms with Gasteiger partial charge in [-0.2, -0.15) is 0 Å². The molecule has 0 N–H and O–H groups in total. The average molecular weight is 713 g/mol. The van der Waals surface area contributed by atoms with Gasteiger partial charge in [-0.1, -0.05) is 137 Å². The van der Waals surface area contributed by atoms with Gasteiger partial charge < -0.3 is 4.42 Å². The lowest BCUT2D eigenvalue weighted by atomic mass is 9.64. The molecule has 14 radical (unpaired) electrons. The van der Waals surface area contributed by atoms with Crippen LogP contribution in [0.2, 0.25) is 0 Å². The monoisotopic (exact) mass is 714 g/mol. The number of hydrogen-bond acceptors (Lipinski definition) is 1. The van der Waals surface area contributed by atoms with E-state index in [1.54, 1.807) is 0 Å². The molecule has 0 saturated carbocycles. The summed E-state index contributed by atoms with van der Waals surface area (Å²) in [6.07, 6.45) is 0. The van der Waals surface area contributed by atoms with Gasteiger partial charge in [-0.25, -0.2) is 0 Å². The quantitative estimate of drug-likeness (QED) is 0.163. The minimum atomic E-state index is 0.133. The summed E-state index contributed by atoms with van der Waals surface area (Å²) in [5.74, 6) is 0. The van der Waals surface area contributed by atoms with Crippen LogP contribution in [0.5, 0.6) is 0 Å². The Bertz CT molecular complexity index is 3570. The molecule has 0 aliphatic heterocycles. The van der Waals surface area contributed by atoms with Gasteiger partial charge in [0, 0.05) is 10.8 Å². The molecule has 12 rings (SSSR count). The van der Waals surface area contributed by atoms with Crippen LogP contribution >= 0.6 is 0 Å². The maximum Gasteiger partial charge on any atom is 0.127 e. The Morgan fingerprint density at radius 3 is 1.17 bits per heavy atom. The van der Waals surface area contributed by atoms with Crippen LogP contribution in [-0.4, -0.2) is 54.9 Å². The van der Waals surface area contributed by atoms with Crippen LogP contribution in [0.25, 0.3) is 120 Å². The van der Waals surface area contributed by atoms with Crippen molar-refractivity contribution in [2.24, 2.45) is 0 Å². The fourth-order valence-corrected chi connectivity index (χ4v) is 9.77. The largest absolute Gasteiger partial charge is 0.457 e. The molecule has 0 bridgehead atoms. The van der Waals surface area contributed by atoms with E-state index in [9.17, 15) is 0 Å². The summed E-state index contributed by atoms with van der Waals surface area (Å²) < 4.78 is 6.25. The first-order valence-corrected chi connectivity index (χ1v) is 19.1. The minimum Gasteiger partial charge on any atom is -0.457 e. The van der Waals surface area contributed by atoms with Crippen molar-refractivity contribution in [1.29, 1.82) is 0 Å². The summed E-state index contributed by atoms with van der Waals surface area (Å²) in [7, 11) is 46.8. The third-order valence-electron chi connectivity index (χ3n) is 12.5. The molecule has 1 aromatic heterocycles. The molecule has 11 aromatic carbocycles. The van der Waals surface area contributed by atoms with E-state index in [4.69, 9.17) is 59.3 Å². The summed E-state index contributed by atoms with van der Waals surface area (Å²) in [6.45, 7) is 0. The highest BCUT2D eigenvalue weighted by Gasteiger charge is 2.23. The molecule has 0 spiro atoms. The minimum absolute atomic E-state index is 0.133. The Morgan fingerprint density at radius 1 is 0.293 bits per heavy atom. The molecule has 8 heteroatoms. The molecule has 1 nitrogen and oxygen atoms in total. The van der Waals surface area contributed by atoms with Crippen LogP contribution in [0.1, 0.15) is 0 Å². The normalized spacial score (nSPS) is 12.3. The van der Waals surface area contributed by atoms with Crippen molar-refractivity contribution in [3.05, 3.63) is 127 Å². The fraction of sp³-hybridized carbons (Fsp3) is 0. The Morgan fingerprint density at radius 2 is 0.672 bits per heavy atom. The zero-order valence-corrected chi connectivity index (χ0v) is 31.1. The van der Waals surface area contributed by atoms with Gasteiger partial charge in [-0.3, -0.25) is 0 Å². The Labute approximate surface area is 343 Å². The van der Waals surface area contributed by atoms with Crippen LogP contribution in [0.3, 0.4) is 0 Å². The third-order valence-corrected chi connectivity index (χ3v) is 12.5. The lowest BCUT2D eigenvalue weighted by molar-refractivity contribution is 0.675. The van der Waals surface area contributed by atoms with Crippen molar-refractivity contribution in [3.63, 3.8) is 0 Å². The lowest BCUT2D eigenvalue weighted by Gasteiger charge is -2.21. The summed E-state index contributed by atoms with van der Waals surface area (Å²) >= 11 is 0. The molecular weight excluding hydrogens is 692 g/mol. The number of fused-ring (bicyclic) bond motifs is 3.